The minimum absolute atomic E-state index is 0.266. The predicted octanol–water partition coefficient (Wildman–Crippen LogP) is 2.09. The molecule has 1 aromatic heterocycles. The first-order chi connectivity index (χ1) is 7.22. The highest BCUT2D eigenvalue weighted by Crippen LogP contribution is 2.07. The maximum absolute atomic E-state index is 8.69. The minimum Gasteiger partial charge on any atom is -0.396 e. The summed E-state index contributed by atoms with van der Waals surface area (Å²) in [6, 6.07) is 4.40. The lowest BCUT2D eigenvalue weighted by Crippen LogP contribution is -2.26. The van der Waals surface area contributed by atoms with Crippen molar-refractivity contribution in [3.8, 4) is 0 Å². The number of nitrogens with zero attached hydrogens (tertiary/aromatic N) is 1. The maximum Gasteiger partial charge on any atom is 0.0542 e. The fourth-order valence-corrected chi connectivity index (χ4v) is 1.52. The Hall–Kier alpha value is -0.450. The Bertz CT molecular complexity index is 276. The second-order valence-electron chi connectivity index (χ2n) is 3.62. The van der Waals surface area contributed by atoms with Gasteiger partial charge in [-0.1, -0.05) is 0 Å². The van der Waals surface area contributed by atoms with Gasteiger partial charge in [0.25, 0.3) is 0 Å². The molecule has 0 aliphatic rings. The number of pyridine rings is 1. The quantitative estimate of drug-likeness (QED) is 0.834. The summed E-state index contributed by atoms with van der Waals surface area (Å²) in [5, 5.41) is 12.0. The van der Waals surface area contributed by atoms with E-state index in [1.54, 1.807) is 6.20 Å². The van der Waals surface area contributed by atoms with Crippen LogP contribution in [0.3, 0.4) is 0 Å². The number of aromatic nitrogens is 1. The second-order valence-corrected chi connectivity index (χ2v) is 4.53. The Kier molecular flexibility index (Phi) is 5.83. The highest BCUT2D eigenvalue weighted by Gasteiger charge is 2.01. The van der Waals surface area contributed by atoms with E-state index in [4.69, 9.17) is 5.11 Å². The van der Waals surface area contributed by atoms with Crippen LogP contribution in [0.25, 0.3) is 0 Å². The molecule has 0 aliphatic carbocycles. The summed E-state index contributed by atoms with van der Waals surface area (Å²) in [6.07, 6.45) is 3.64. The average molecular weight is 273 g/mol. The van der Waals surface area contributed by atoms with Gasteiger partial charge in [0, 0.05) is 29.9 Å². The van der Waals surface area contributed by atoms with E-state index in [-0.39, 0.29) is 6.61 Å². The molecule has 1 heterocycles. The first-order valence-corrected chi connectivity index (χ1v) is 5.96. The van der Waals surface area contributed by atoms with Gasteiger partial charge in [0.15, 0.2) is 0 Å². The topological polar surface area (TPSA) is 45.1 Å². The van der Waals surface area contributed by atoms with Gasteiger partial charge in [-0.3, -0.25) is 4.98 Å². The number of nitrogens with one attached hydrogen (secondary N) is 1. The first-order valence-electron chi connectivity index (χ1n) is 5.17. The molecule has 4 heteroatoms. The SMILES string of the molecule is CC(CCCO)NCc1ccc(Br)cn1. The number of aliphatic hydroxyl groups excluding tert-OH is 1. The Morgan fingerprint density at radius 2 is 2.33 bits per heavy atom. The van der Waals surface area contributed by atoms with Crippen LogP contribution in [0.5, 0.6) is 0 Å². The zero-order valence-electron chi connectivity index (χ0n) is 8.91. The number of hydrogen-bond donors (Lipinski definition) is 2. The molecule has 0 aromatic carbocycles. The van der Waals surface area contributed by atoms with Crippen LogP contribution >= 0.6 is 15.9 Å². The molecule has 0 fully saturated rings. The lowest BCUT2D eigenvalue weighted by atomic mass is 10.2. The molecule has 0 bridgehead atoms. The average Bonchev–Trinajstić information content (AvgIpc) is 2.25. The van der Waals surface area contributed by atoms with E-state index in [1.165, 1.54) is 0 Å². The van der Waals surface area contributed by atoms with Crippen LogP contribution in [0, 0.1) is 0 Å². The van der Waals surface area contributed by atoms with Crippen molar-refractivity contribution in [2.45, 2.75) is 32.4 Å². The van der Waals surface area contributed by atoms with Crippen LogP contribution in [0.4, 0.5) is 0 Å². The Balaban J connectivity index is 2.27. The zero-order chi connectivity index (χ0) is 11.1. The van der Waals surface area contributed by atoms with Gasteiger partial charge in [0.2, 0.25) is 0 Å². The molecule has 1 unspecified atom stereocenters. The first kappa shape index (κ1) is 12.6. The molecule has 0 spiro atoms. The normalized spacial score (nSPS) is 12.7. The molecule has 2 N–H and O–H groups in total. The fraction of sp³-hybridized carbons (Fsp3) is 0.545. The van der Waals surface area contributed by atoms with Crippen molar-refractivity contribution in [2.24, 2.45) is 0 Å². The summed E-state index contributed by atoms with van der Waals surface area (Å²) >= 11 is 3.35. The van der Waals surface area contributed by atoms with Gasteiger partial charge in [-0.05, 0) is 47.8 Å². The largest absolute Gasteiger partial charge is 0.396 e. The van der Waals surface area contributed by atoms with Crippen molar-refractivity contribution in [3.05, 3.63) is 28.5 Å². The standard InChI is InChI=1S/C11H17BrN2O/c1-9(3-2-6-15)13-8-11-5-4-10(12)7-14-11/h4-5,7,9,13,15H,2-3,6,8H2,1H3. The maximum atomic E-state index is 8.69. The third-order valence-electron chi connectivity index (χ3n) is 2.22. The van der Waals surface area contributed by atoms with Crippen LogP contribution in [0.1, 0.15) is 25.5 Å². The molecule has 0 saturated carbocycles. The van der Waals surface area contributed by atoms with Gasteiger partial charge in [0.1, 0.15) is 0 Å². The molecule has 0 aliphatic heterocycles. The van der Waals surface area contributed by atoms with Crippen LogP contribution in [-0.4, -0.2) is 22.7 Å². The van der Waals surface area contributed by atoms with E-state index in [2.05, 4.69) is 33.2 Å². The van der Waals surface area contributed by atoms with Crippen molar-refractivity contribution < 1.29 is 5.11 Å². The third-order valence-corrected chi connectivity index (χ3v) is 2.68. The highest BCUT2D eigenvalue weighted by molar-refractivity contribution is 9.10. The Morgan fingerprint density at radius 3 is 2.93 bits per heavy atom. The summed E-state index contributed by atoms with van der Waals surface area (Å²) in [4.78, 5) is 4.27. The number of halogens is 1. The Morgan fingerprint density at radius 1 is 1.53 bits per heavy atom. The number of aliphatic hydroxyl groups is 1. The van der Waals surface area contributed by atoms with Gasteiger partial charge in [-0.2, -0.15) is 0 Å². The van der Waals surface area contributed by atoms with E-state index in [0.29, 0.717) is 6.04 Å². The molecule has 84 valence electrons. The van der Waals surface area contributed by atoms with Gasteiger partial charge in [-0.15, -0.1) is 0 Å². The van der Waals surface area contributed by atoms with Gasteiger partial charge < -0.3 is 10.4 Å². The van der Waals surface area contributed by atoms with Crippen molar-refractivity contribution in [2.75, 3.05) is 6.61 Å². The summed E-state index contributed by atoms with van der Waals surface area (Å²) in [5.74, 6) is 0. The third kappa shape index (κ3) is 5.25. The summed E-state index contributed by atoms with van der Waals surface area (Å²) in [6.45, 7) is 3.16. The van der Waals surface area contributed by atoms with Crippen molar-refractivity contribution in [1.82, 2.24) is 10.3 Å². The molecule has 3 nitrogen and oxygen atoms in total. The number of hydrogen-bond acceptors (Lipinski definition) is 3. The molecular formula is C11H17BrN2O. The molecule has 15 heavy (non-hydrogen) atoms. The molecular weight excluding hydrogens is 256 g/mol. The Labute approximate surface area is 99.1 Å². The highest BCUT2D eigenvalue weighted by atomic mass is 79.9. The van der Waals surface area contributed by atoms with E-state index >= 15 is 0 Å². The van der Waals surface area contributed by atoms with Crippen LogP contribution in [0.2, 0.25) is 0 Å². The number of rotatable bonds is 6. The van der Waals surface area contributed by atoms with Gasteiger partial charge in [-0.25, -0.2) is 0 Å². The zero-order valence-corrected chi connectivity index (χ0v) is 10.5. The van der Waals surface area contributed by atoms with E-state index in [0.717, 1.165) is 29.6 Å². The lowest BCUT2D eigenvalue weighted by molar-refractivity contribution is 0.276. The van der Waals surface area contributed by atoms with Crippen LogP contribution in [-0.2, 0) is 6.54 Å². The lowest BCUT2D eigenvalue weighted by Gasteiger charge is -2.12. The monoisotopic (exact) mass is 272 g/mol. The predicted molar refractivity (Wildman–Crippen MR) is 64.6 cm³/mol. The summed E-state index contributed by atoms with van der Waals surface area (Å²) < 4.78 is 1.000. The van der Waals surface area contributed by atoms with E-state index in [9.17, 15) is 0 Å². The molecule has 0 saturated heterocycles. The second kappa shape index (κ2) is 6.93. The molecule has 1 rings (SSSR count). The molecule has 0 radical (unpaired) electrons. The van der Waals surface area contributed by atoms with E-state index < -0.39 is 0 Å². The van der Waals surface area contributed by atoms with Crippen LogP contribution < -0.4 is 5.32 Å². The molecule has 0 amide bonds. The molecule has 1 aromatic rings. The summed E-state index contributed by atoms with van der Waals surface area (Å²) in [5.41, 5.74) is 1.04. The van der Waals surface area contributed by atoms with Crippen molar-refractivity contribution in [1.29, 1.82) is 0 Å². The van der Waals surface area contributed by atoms with E-state index in [1.807, 2.05) is 12.1 Å². The van der Waals surface area contributed by atoms with Gasteiger partial charge >= 0.3 is 0 Å². The van der Waals surface area contributed by atoms with Crippen molar-refractivity contribution >= 4 is 15.9 Å². The molecule has 1 atom stereocenters. The summed E-state index contributed by atoms with van der Waals surface area (Å²) in [7, 11) is 0. The van der Waals surface area contributed by atoms with Gasteiger partial charge in [0.05, 0.1) is 5.69 Å². The minimum atomic E-state index is 0.266. The fourth-order valence-electron chi connectivity index (χ4n) is 1.29. The smallest absolute Gasteiger partial charge is 0.0542 e. The van der Waals surface area contributed by atoms with Crippen molar-refractivity contribution in [3.63, 3.8) is 0 Å². The van der Waals surface area contributed by atoms with Crippen LogP contribution in [0.15, 0.2) is 22.8 Å².